The molecule has 0 amide bonds. The van der Waals surface area contributed by atoms with Crippen LogP contribution in [-0.4, -0.2) is 5.78 Å². The third kappa shape index (κ3) is 2.51. The van der Waals surface area contributed by atoms with Crippen molar-refractivity contribution < 1.29 is 4.79 Å². The number of fused-ring (bicyclic) bond motifs is 4. The molecule has 142 valence electrons. The van der Waals surface area contributed by atoms with Crippen LogP contribution in [0, 0.1) is 0 Å². The Morgan fingerprint density at radius 3 is 2.10 bits per heavy atom. The van der Waals surface area contributed by atoms with E-state index in [0.717, 1.165) is 33.4 Å². The largest absolute Gasteiger partial charge is 0.289 e. The lowest BCUT2D eigenvalue weighted by molar-refractivity contribution is 0.105. The zero-order chi connectivity index (χ0) is 20.2. The van der Waals surface area contributed by atoms with Crippen LogP contribution in [-0.2, 0) is 0 Å². The van der Waals surface area contributed by atoms with E-state index in [1.807, 2.05) is 42.5 Å². The Labute approximate surface area is 182 Å². The van der Waals surface area contributed by atoms with E-state index >= 15 is 0 Å². The Bertz CT molecular complexity index is 1510. The molecule has 3 heteroatoms. The molecule has 4 aromatic carbocycles. The minimum atomic E-state index is 0.0704. The van der Waals surface area contributed by atoms with Crippen molar-refractivity contribution in [2.24, 2.45) is 0 Å². The number of allylic oxidation sites excluding steroid dienone is 1. The smallest absolute Gasteiger partial charge is 0.194 e. The van der Waals surface area contributed by atoms with Crippen LogP contribution in [0.2, 0.25) is 5.02 Å². The molecule has 0 unspecified atom stereocenters. The molecule has 6 rings (SSSR count). The number of Topliss-reactive ketones (excluding diaryl/α,β-unsaturated/α-hetero) is 1. The molecule has 30 heavy (non-hydrogen) atoms. The lowest BCUT2D eigenvalue weighted by Gasteiger charge is -2.10. The summed E-state index contributed by atoms with van der Waals surface area (Å²) in [6.07, 6.45) is 0. The van der Waals surface area contributed by atoms with Crippen molar-refractivity contribution in [3.05, 3.63) is 118 Å². The highest BCUT2D eigenvalue weighted by Gasteiger charge is 2.32. The van der Waals surface area contributed by atoms with Crippen LogP contribution in [0.25, 0.3) is 31.3 Å². The SMILES string of the molecule is O=C1C(c2ccc(Cl)cc2)=C(c2cccc3c2sc2ccccc23)c2ccccc21. The van der Waals surface area contributed by atoms with E-state index in [4.69, 9.17) is 11.6 Å². The van der Waals surface area contributed by atoms with Gasteiger partial charge in [0.25, 0.3) is 0 Å². The molecule has 0 fully saturated rings. The fourth-order valence-electron chi connectivity index (χ4n) is 4.40. The molecule has 0 radical (unpaired) electrons. The van der Waals surface area contributed by atoms with Gasteiger partial charge in [0.2, 0.25) is 0 Å². The standard InChI is InChI=1S/C27H15ClOS/c28-17-14-12-16(13-15-17)24-25(19-7-1-2-8-20(19)26(24)29)22-10-5-9-21-18-6-3-4-11-23(18)30-27(21)22/h1-15H. The number of halogens is 1. The Morgan fingerprint density at radius 2 is 1.27 bits per heavy atom. The first-order valence-corrected chi connectivity index (χ1v) is 11.0. The maximum absolute atomic E-state index is 13.5. The summed E-state index contributed by atoms with van der Waals surface area (Å²) in [5, 5.41) is 3.15. The fourth-order valence-corrected chi connectivity index (χ4v) is 5.75. The second kappa shape index (κ2) is 6.66. The summed E-state index contributed by atoms with van der Waals surface area (Å²) < 4.78 is 2.47. The molecule has 5 aromatic rings. The Morgan fingerprint density at radius 1 is 0.600 bits per heavy atom. The highest BCUT2D eigenvalue weighted by molar-refractivity contribution is 7.26. The molecule has 0 spiro atoms. The summed E-state index contributed by atoms with van der Waals surface area (Å²) in [6.45, 7) is 0. The monoisotopic (exact) mass is 422 g/mol. The van der Waals surface area contributed by atoms with Gasteiger partial charge in [0.15, 0.2) is 5.78 Å². The molecule has 0 aliphatic heterocycles. The van der Waals surface area contributed by atoms with Crippen LogP contribution in [0.4, 0.5) is 0 Å². The van der Waals surface area contributed by atoms with Crippen LogP contribution in [0.15, 0.2) is 91.0 Å². The van der Waals surface area contributed by atoms with Gasteiger partial charge in [-0.1, -0.05) is 84.4 Å². The van der Waals surface area contributed by atoms with Crippen molar-refractivity contribution >= 4 is 60.0 Å². The van der Waals surface area contributed by atoms with Gasteiger partial charge >= 0.3 is 0 Å². The quantitative estimate of drug-likeness (QED) is 0.283. The summed E-state index contributed by atoms with van der Waals surface area (Å²) >= 11 is 7.91. The van der Waals surface area contributed by atoms with Crippen molar-refractivity contribution in [3.8, 4) is 0 Å². The first-order valence-electron chi connectivity index (χ1n) is 9.77. The van der Waals surface area contributed by atoms with Gasteiger partial charge in [0.1, 0.15) is 0 Å². The first-order chi connectivity index (χ1) is 14.7. The van der Waals surface area contributed by atoms with Crippen molar-refractivity contribution in [1.29, 1.82) is 0 Å². The van der Waals surface area contributed by atoms with Crippen LogP contribution < -0.4 is 0 Å². The van der Waals surface area contributed by atoms with Crippen molar-refractivity contribution in [2.75, 3.05) is 0 Å². The van der Waals surface area contributed by atoms with E-state index in [1.54, 1.807) is 11.3 Å². The predicted molar refractivity (Wildman–Crippen MR) is 127 cm³/mol. The molecule has 1 nitrogen and oxygen atoms in total. The number of rotatable bonds is 2. The number of hydrogen-bond acceptors (Lipinski definition) is 2. The molecule has 0 N–H and O–H groups in total. The molecule has 1 aromatic heterocycles. The van der Waals surface area contributed by atoms with Crippen LogP contribution in [0.1, 0.15) is 27.0 Å². The number of thiophene rings is 1. The lowest BCUT2D eigenvalue weighted by atomic mass is 9.93. The molecule has 0 bridgehead atoms. The maximum atomic E-state index is 13.5. The van der Waals surface area contributed by atoms with Gasteiger partial charge in [-0.15, -0.1) is 11.3 Å². The summed E-state index contributed by atoms with van der Waals surface area (Å²) in [5.74, 6) is 0.0704. The van der Waals surface area contributed by atoms with Gasteiger partial charge in [-0.3, -0.25) is 4.79 Å². The minimum Gasteiger partial charge on any atom is -0.289 e. The van der Waals surface area contributed by atoms with Gasteiger partial charge in [-0.05, 0) is 29.3 Å². The third-order valence-electron chi connectivity index (χ3n) is 5.72. The Hall–Kier alpha value is -3.20. The van der Waals surface area contributed by atoms with Crippen molar-refractivity contribution in [2.45, 2.75) is 0 Å². The average molecular weight is 423 g/mol. The van der Waals surface area contributed by atoms with E-state index in [0.29, 0.717) is 5.02 Å². The third-order valence-corrected chi connectivity index (χ3v) is 7.20. The van der Waals surface area contributed by atoms with Crippen LogP contribution in [0.5, 0.6) is 0 Å². The van der Waals surface area contributed by atoms with Crippen molar-refractivity contribution in [1.82, 2.24) is 0 Å². The highest BCUT2D eigenvalue weighted by Crippen LogP contribution is 2.46. The van der Waals surface area contributed by atoms with E-state index in [9.17, 15) is 4.79 Å². The zero-order valence-electron chi connectivity index (χ0n) is 15.9. The maximum Gasteiger partial charge on any atom is 0.194 e. The van der Waals surface area contributed by atoms with E-state index in [-0.39, 0.29) is 5.78 Å². The van der Waals surface area contributed by atoms with Crippen LogP contribution >= 0.6 is 22.9 Å². The number of ketones is 1. The van der Waals surface area contributed by atoms with E-state index in [2.05, 4.69) is 48.5 Å². The highest BCUT2D eigenvalue weighted by atomic mass is 35.5. The zero-order valence-corrected chi connectivity index (χ0v) is 17.4. The molecular weight excluding hydrogens is 408 g/mol. The van der Waals surface area contributed by atoms with Gasteiger partial charge < -0.3 is 0 Å². The number of benzene rings is 4. The van der Waals surface area contributed by atoms with Crippen molar-refractivity contribution in [3.63, 3.8) is 0 Å². The Kier molecular flexibility index (Phi) is 3.92. The number of hydrogen-bond donors (Lipinski definition) is 0. The topological polar surface area (TPSA) is 17.1 Å². The van der Waals surface area contributed by atoms with Gasteiger partial charge in [0, 0.05) is 47.5 Å². The van der Waals surface area contributed by atoms with Gasteiger partial charge in [-0.2, -0.15) is 0 Å². The fraction of sp³-hybridized carbons (Fsp3) is 0. The lowest BCUT2D eigenvalue weighted by Crippen LogP contribution is -1.98. The van der Waals surface area contributed by atoms with Gasteiger partial charge in [0.05, 0.1) is 0 Å². The molecule has 0 saturated carbocycles. The average Bonchev–Trinajstić information content (AvgIpc) is 3.30. The molecule has 0 atom stereocenters. The summed E-state index contributed by atoms with van der Waals surface area (Å²) in [4.78, 5) is 13.5. The minimum absolute atomic E-state index is 0.0704. The molecule has 1 aliphatic rings. The molecule has 1 aliphatic carbocycles. The summed E-state index contributed by atoms with van der Waals surface area (Å²) in [5.41, 5.74) is 5.52. The first kappa shape index (κ1) is 17.6. The normalized spacial score (nSPS) is 13.4. The van der Waals surface area contributed by atoms with Crippen LogP contribution in [0.3, 0.4) is 0 Å². The predicted octanol–water partition coefficient (Wildman–Crippen LogP) is 7.86. The van der Waals surface area contributed by atoms with Gasteiger partial charge in [-0.25, -0.2) is 0 Å². The summed E-state index contributed by atoms with van der Waals surface area (Å²) in [6, 6.07) is 30.3. The molecule has 0 saturated heterocycles. The Balaban J connectivity index is 1.73. The second-order valence-corrected chi connectivity index (χ2v) is 8.90. The molecular formula is C27H15ClOS. The number of carbonyl (C=O) groups excluding carboxylic acids is 1. The summed E-state index contributed by atoms with van der Waals surface area (Å²) in [7, 11) is 0. The second-order valence-electron chi connectivity index (χ2n) is 7.41. The number of carbonyl (C=O) groups is 1. The van der Waals surface area contributed by atoms with E-state index < -0.39 is 0 Å². The van der Waals surface area contributed by atoms with E-state index in [1.165, 1.54) is 20.2 Å². The molecule has 1 heterocycles.